The minimum atomic E-state index is -0.654. The molecule has 0 aliphatic carbocycles. The normalized spacial score (nSPS) is 21.4. The molecule has 4 heteroatoms. The standard InChI is InChI=1S/C19H17FO3/c20-15-8-5-14(6-9-15)18-4-2-1-3-13(18)7-10-17-11-16(21)12-19(22)23-17/h1-10,16-17,21H,11-12H2. The molecule has 1 N–H and O–H groups in total. The largest absolute Gasteiger partial charge is 0.458 e. The molecule has 0 aromatic heterocycles. The summed E-state index contributed by atoms with van der Waals surface area (Å²) in [7, 11) is 0. The minimum absolute atomic E-state index is 0.0521. The van der Waals surface area contributed by atoms with Gasteiger partial charge in [-0.3, -0.25) is 4.79 Å². The lowest BCUT2D eigenvalue weighted by molar-refractivity contribution is -0.156. The van der Waals surface area contributed by atoms with E-state index in [-0.39, 0.29) is 18.2 Å². The number of hydrogen-bond acceptors (Lipinski definition) is 3. The Hall–Kier alpha value is -2.46. The van der Waals surface area contributed by atoms with Gasteiger partial charge >= 0.3 is 5.97 Å². The topological polar surface area (TPSA) is 46.5 Å². The van der Waals surface area contributed by atoms with Crippen LogP contribution in [0.4, 0.5) is 4.39 Å². The minimum Gasteiger partial charge on any atom is -0.458 e. The molecule has 3 nitrogen and oxygen atoms in total. The second kappa shape index (κ2) is 6.75. The van der Waals surface area contributed by atoms with Crippen molar-refractivity contribution in [2.75, 3.05) is 0 Å². The van der Waals surface area contributed by atoms with Crippen LogP contribution in [-0.2, 0) is 9.53 Å². The number of rotatable bonds is 3. The molecule has 1 fully saturated rings. The first-order valence-corrected chi connectivity index (χ1v) is 7.52. The summed E-state index contributed by atoms with van der Waals surface area (Å²) in [6, 6.07) is 14.0. The predicted molar refractivity (Wildman–Crippen MR) is 86.0 cm³/mol. The molecule has 2 atom stereocenters. The first-order valence-electron chi connectivity index (χ1n) is 7.52. The van der Waals surface area contributed by atoms with Crippen LogP contribution in [0.5, 0.6) is 0 Å². The number of halogens is 1. The number of aliphatic hydroxyl groups is 1. The quantitative estimate of drug-likeness (QED) is 0.881. The van der Waals surface area contributed by atoms with Gasteiger partial charge in [-0.05, 0) is 34.9 Å². The molecule has 1 saturated heterocycles. The highest BCUT2D eigenvalue weighted by atomic mass is 19.1. The van der Waals surface area contributed by atoms with Crippen LogP contribution >= 0.6 is 0 Å². The first kappa shape index (κ1) is 15.4. The van der Waals surface area contributed by atoms with Gasteiger partial charge in [-0.15, -0.1) is 0 Å². The zero-order valence-corrected chi connectivity index (χ0v) is 12.5. The lowest BCUT2D eigenvalue weighted by Gasteiger charge is -2.23. The average Bonchev–Trinajstić information content (AvgIpc) is 2.53. The fourth-order valence-corrected chi connectivity index (χ4v) is 2.67. The van der Waals surface area contributed by atoms with Gasteiger partial charge in [0.15, 0.2) is 0 Å². The van der Waals surface area contributed by atoms with E-state index in [9.17, 15) is 14.3 Å². The van der Waals surface area contributed by atoms with Crippen molar-refractivity contribution in [1.29, 1.82) is 0 Å². The third-order valence-corrected chi connectivity index (χ3v) is 3.80. The number of benzene rings is 2. The molecule has 0 bridgehead atoms. The molecule has 0 spiro atoms. The molecular weight excluding hydrogens is 295 g/mol. The summed E-state index contributed by atoms with van der Waals surface area (Å²) in [6.45, 7) is 0. The zero-order valence-electron chi connectivity index (χ0n) is 12.5. The molecule has 2 unspecified atom stereocenters. The highest BCUT2D eigenvalue weighted by Crippen LogP contribution is 2.26. The Balaban J connectivity index is 1.84. The van der Waals surface area contributed by atoms with Gasteiger partial charge in [-0.25, -0.2) is 4.39 Å². The average molecular weight is 312 g/mol. The fraction of sp³-hybridized carbons (Fsp3) is 0.211. The Morgan fingerprint density at radius 1 is 1.13 bits per heavy atom. The van der Waals surface area contributed by atoms with E-state index >= 15 is 0 Å². The Bertz CT molecular complexity index is 722. The molecular formula is C19H17FO3. The molecule has 2 aromatic rings. The van der Waals surface area contributed by atoms with Crippen molar-refractivity contribution in [2.45, 2.75) is 25.0 Å². The maximum Gasteiger partial charge on any atom is 0.309 e. The summed E-state index contributed by atoms with van der Waals surface area (Å²) in [4.78, 5) is 11.4. The maximum absolute atomic E-state index is 13.1. The summed E-state index contributed by atoms with van der Waals surface area (Å²) >= 11 is 0. The first-order chi connectivity index (χ1) is 11.1. The molecule has 23 heavy (non-hydrogen) atoms. The van der Waals surface area contributed by atoms with Crippen LogP contribution in [-0.4, -0.2) is 23.3 Å². The van der Waals surface area contributed by atoms with E-state index in [0.717, 1.165) is 16.7 Å². The highest BCUT2D eigenvalue weighted by Gasteiger charge is 2.25. The van der Waals surface area contributed by atoms with Gasteiger partial charge in [0.1, 0.15) is 11.9 Å². The van der Waals surface area contributed by atoms with Gasteiger partial charge in [-0.1, -0.05) is 42.5 Å². The summed E-state index contributed by atoms with van der Waals surface area (Å²) in [5, 5.41) is 9.64. The lowest BCUT2D eigenvalue weighted by Crippen LogP contribution is -2.31. The van der Waals surface area contributed by atoms with E-state index in [0.29, 0.717) is 6.42 Å². The zero-order chi connectivity index (χ0) is 16.2. The highest BCUT2D eigenvalue weighted by molar-refractivity contribution is 5.75. The van der Waals surface area contributed by atoms with Crippen LogP contribution in [0.1, 0.15) is 18.4 Å². The van der Waals surface area contributed by atoms with Crippen molar-refractivity contribution >= 4 is 12.0 Å². The smallest absolute Gasteiger partial charge is 0.309 e. The monoisotopic (exact) mass is 312 g/mol. The number of cyclic esters (lactones) is 1. The van der Waals surface area contributed by atoms with Crippen molar-refractivity contribution in [2.24, 2.45) is 0 Å². The van der Waals surface area contributed by atoms with Crippen molar-refractivity contribution in [3.05, 3.63) is 66.0 Å². The van der Waals surface area contributed by atoms with Crippen molar-refractivity contribution in [3.63, 3.8) is 0 Å². The Morgan fingerprint density at radius 2 is 1.87 bits per heavy atom. The SMILES string of the molecule is O=C1CC(O)CC(C=Cc2ccccc2-c2ccc(F)cc2)O1. The van der Waals surface area contributed by atoms with Crippen molar-refractivity contribution in [3.8, 4) is 11.1 Å². The van der Waals surface area contributed by atoms with E-state index in [1.54, 1.807) is 18.2 Å². The molecule has 1 aliphatic rings. The van der Waals surface area contributed by atoms with Crippen LogP contribution in [0.15, 0.2) is 54.6 Å². The Morgan fingerprint density at radius 3 is 2.61 bits per heavy atom. The molecule has 0 saturated carbocycles. The molecule has 1 heterocycles. The third kappa shape index (κ3) is 3.85. The Kier molecular flexibility index (Phi) is 4.53. The van der Waals surface area contributed by atoms with Gasteiger partial charge in [0, 0.05) is 6.42 Å². The lowest BCUT2D eigenvalue weighted by atomic mass is 9.98. The van der Waals surface area contributed by atoms with Gasteiger partial charge < -0.3 is 9.84 Å². The van der Waals surface area contributed by atoms with Gasteiger partial charge in [0.2, 0.25) is 0 Å². The molecule has 0 radical (unpaired) electrons. The van der Waals surface area contributed by atoms with Crippen LogP contribution in [0, 0.1) is 5.82 Å². The predicted octanol–water partition coefficient (Wildman–Crippen LogP) is 3.57. The van der Waals surface area contributed by atoms with Crippen LogP contribution < -0.4 is 0 Å². The van der Waals surface area contributed by atoms with E-state index < -0.39 is 12.2 Å². The fourth-order valence-electron chi connectivity index (χ4n) is 2.67. The Labute approximate surface area is 134 Å². The van der Waals surface area contributed by atoms with Crippen molar-refractivity contribution in [1.82, 2.24) is 0 Å². The van der Waals surface area contributed by atoms with Gasteiger partial charge in [0.05, 0.1) is 12.5 Å². The number of esters is 1. The number of aliphatic hydroxyl groups excluding tert-OH is 1. The second-order valence-corrected chi connectivity index (χ2v) is 5.58. The van der Waals surface area contributed by atoms with Crippen molar-refractivity contribution < 1.29 is 19.0 Å². The van der Waals surface area contributed by atoms with Gasteiger partial charge in [-0.2, -0.15) is 0 Å². The summed E-state index contributed by atoms with van der Waals surface area (Å²) in [6.07, 6.45) is 3.03. The van der Waals surface area contributed by atoms with E-state index in [1.165, 1.54) is 12.1 Å². The van der Waals surface area contributed by atoms with Crippen LogP contribution in [0.25, 0.3) is 17.2 Å². The number of hydrogen-bond donors (Lipinski definition) is 1. The molecule has 0 amide bonds. The summed E-state index contributed by atoms with van der Waals surface area (Å²) < 4.78 is 18.3. The number of carbonyl (C=O) groups is 1. The maximum atomic E-state index is 13.1. The molecule has 118 valence electrons. The van der Waals surface area contributed by atoms with Crippen LogP contribution in [0.2, 0.25) is 0 Å². The second-order valence-electron chi connectivity index (χ2n) is 5.58. The van der Waals surface area contributed by atoms with Crippen LogP contribution in [0.3, 0.4) is 0 Å². The molecule has 1 aliphatic heterocycles. The van der Waals surface area contributed by atoms with E-state index in [2.05, 4.69) is 0 Å². The number of carbonyl (C=O) groups excluding carboxylic acids is 1. The number of ether oxygens (including phenoxy) is 1. The third-order valence-electron chi connectivity index (χ3n) is 3.80. The van der Waals surface area contributed by atoms with Gasteiger partial charge in [0.25, 0.3) is 0 Å². The van der Waals surface area contributed by atoms with E-state index in [4.69, 9.17) is 4.74 Å². The molecule has 3 rings (SSSR count). The summed E-state index contributed by atoms with van der Waals surface area (Å²) in [5.74, 6) is -0.657. The molecule has 2 aromatic carbocycles. The summed E-state index contributed by atoms with van der Waals surface area (Å²) in [5.41, 5.74) is 2.81. The van der Waals surface area contributed by atoms with E-state index in [1.807, 2.05) is 30.3 Å².